The van der Waals surface area contributed by atoms with Gasteiger partial charge >= 0.3 is 6.61 Å². The maximum absolute atomic E-state index is 12.6. The molecule has 0 aliphatic rings. The number of nitrogens with one attached hydrogen (secondary N) is 2. The van der Waals surface area contributed by atoms with E-state index in [0.29, 0.717) is 36.1 Å². The first kappa shape index (κ1) is 18.5. The van der Waals surface area contributed by atoms with E-state index in [4.69, 9.17) is 9.26 Å². The number of ether oxygens (including phenoxy) is 2. The Bertz CT molecular complexity index is 678. The van der Waals surface area contributed by atoms with Crippen LogP contribution < -0.4 is 20.1 Å². The first-order chi connectivity index (χ1) is 12.1. The molecule has 136 valence electrons. The molecule has 0 radical (unpaired) electrons. The highest BCUT2D eigenvalue weighted by Crippen LogP contribution is 2.26. The standard InChI is InChI=1S/C16H20F2N4O3/c1-3-19-16(21-10-12-6-7-24-22-12)20-9-11-8-13(23-2)4-5-14(11)25-15(17)18/h4-8,15H,3,9-10H2,1-2H3,(H2,19,20,21). The van der Waals surface area contributed by atoms with E-state index in [1.54, 1.807) is 18.2 Å². The van der Waals surface area contributed by atoms with Gasteiger partial charge in [0.25, 0.3) is 0 Å². The van der Waals surface area contributed by atoms with Crippen molar-refractivity contribution in [1.29, 1.82) is 0 Å². The van der Waals surface area contributed by atoms with E-state index in [-0.39, 0.29) is 12.3 Å². The molecule has 1 heterocycles. The average molecular weight is 354 g/mol. The third-order valence-corrected chi connectivity index (χ3v) is 3.16. The molecule has 7 nitrogen and oxygen atoms in total. The van der Waals surface area contributed by atoms with E-state index in [0.717, 1.165) is 0 Å². The smallest absolute Gasteiger partial charge is 0.387 e. The number of guanidine groups is 1. The second-order valence-corrected chi connectivity index (χ2v) is 4.89. The summed E-state index contributed by atoms with van der Waals surface area (Å²) in [5.41, 5.74) is 1.20. The third kappa shape index (κ3) is 5.94. The summed E-state index contributed by atoms with van der Waals surface area (Å²) in [5.74, 6) is 1.11. The van der Waals surface area contributed by atoms with E-state index in [1.807, 2.05) is 6.92 Å². The van der Waals surface area contributed by atoms with Crippen LogP contribution in [0.4, 0.5) is 8.78 Å². The Hall–Kier alpha value is -2.84. The predicted molar refractivity (Wildman–Crippen MR) is 87.8 cm³/mol. The fraction of sp³-hybridized carbons (Fsp3) is 0.375. The summed E-state index contributed by atoms with van der Waals surface area (Å²) in [7, 11) is 1.50. The van der Waals surface area contributed by atoms with Gasteiger partial charge in [0.2, 0.25) is 0 Å². The second kappa shape index (κ2) is 9.45. The van der Waals surface area contributed by atoms with Crippen molar-refractivity contribution in [3.05, 3.63) is 41.8 Å². The number of hydrogen-bond donors (Lipinski definition) is 2. The number of benzene rings is 1. The molecule has 1 aromatic heterocycles. The van der Waals surface area contributed by atoms with Gasteiger partial charge in [0.15, 0.2) is 5.96 Å². The lowest BCUT2D eigenvalue weighted by molar-refractivity contribution is -0.0504. The SMILES string of the molecule is CCNC(=NCc1cc(OC)ccc1OC(F)F)NCc1ccon1. The maximum Gasteiger partial charge on any atom is 0.387 e. The Labute approximate surface area is 144 Å². The first-order valence-corrected chi connectivity index (χ1v) is 7.65. The van der Waals surface area contributed by atoms with Crippen molar-refractivity contribution in [2.75, 3.05) is 13.7 Å². The Morgan fingerprint density at radius 3 is 2.80 bits per heavy atom. The van der Waals surface area contributed by atoms with Crippen molar-refractivity contribution >= 4 is 5.96 Å². The van der Waals surface area contributed by atoms with Gasteiger partial charge in [0, 0.05) is 18.2 Å². The van der Waals surface area contributed by atoms with Gasteiger partial charge in [-0.3, -0.25) is 0 Å². The monoisotopic (exact) mass is 354 g/mol. The van der Waals surface area contributed by atoms with E-state index in [2.05, 4.69) is 25.5 Å². The van der Waals surface area contributed by atoms with Crippen LogP contribution in [-0.4, -0.2) is 31.4 Å². The normalized spacial score (nSPS) is 11.5. The number of methoxy groups -OCH3 is 1. The van der Waals surface area contributed by atoms with Gasteiger partial charge in [-0.1, -0.05) is 5.16 Å². The second-order valence-electron chi connectivity index (χ2n) is 4.89. The lowest BCUT2D eigenvalue weighted by Gasteiger charge is -2.13. The summed E-state index contributed by atoms with van der Waals surface area (Å²) >= 11 is 0. The topological polar surface area (TPSA) is 80.9 Å². The molecule has 2 N–H and O–H groups in total. The summed E-state index contributed by atoms with van der Waals surface area (Å²) < 4.78 is 39.5. The predicted octanol–water partition coefficient (Wildman–Crippen LogP) is 2.54. The number of rotatable bonds is 8. The Morgan fingerprint density at radius 1 is 1.32 bits per heavy atom. The quantitative estimate of drug-likeness (QED) is 0.560. The van der Waals surface area contributed by atoms with Gasteiger partial charge in [-0.25, -0.2) is 4.99 Å². The molecule has 0 bridgehead atoms. The number of alkyl halides is 2. The van der Waals surface area contributed by atoms with Gasteiger partial charge in [-0.2, -0.15) is 8.78 Å². The highest BCUT2D eigenvalue weighted by atomic mass is 19.3. The third-order valence-electron chi connectivity index (χ3n) is 3.16. The lowest BCUT2D eigenvalue weighted by atomic mass is 10.2. The largest absolute Gasteiger partial charge is 0.497 e. The molecule has 0 aliphatic heterocycles. The van der Waals surface area contributed by atoms with Gasteiger partial charge in [0.1, 0.15) is 23.5 Å². The van der Waals surface area contributed by atoms with Crippen LogP contribution in [0.3, 0.4) is 0 Å². The molecule has 0 spiro atoms. The van der Waals surface area contributed by atoms with Crippen molar-refractivity contribution in [2.24, 2.45) is 4.99 Å². The van der Waals surface area contributed by atoms with E-state index < -0.39 is 6.61 Å². The lowest BCUT2D eigenvalue weighted by Crippen LogP contribution is -2.36. The first-order valence-electron chi connectivity index (χ1n) is 7.65. The van der Waals surface area contributed by atoms with Crippen molar-refractivity contribution in [2.45, 2.75) is 26.6 Å². The minimum Gasteiger partial charge on any atom is -0.497 e. The van der Waals surface area contributed by atoms with E-state index in [9.17, 15) is 8.78 Å². The zero-order valence-electron chi connectivity index (χ0n) is 14.0. The molecular formula is C16H20F2N4O3. The number of nitrogens with zero attached hydrogens (tertiary/aromatic N) is 2. The van der Waals surface area contributed by atoms with Gasteiger partial charge in [-0.05, 0) is 25.1 Å². The summed E-state index contributed by atoms with van der Waals surface area (Å²) in [4.78, 5) is 4.38. The highest BCUT2D eigenvalue weighted by Gasteiger charge is 2.11. The van der Waals surface area contributed by atoms with E-state index in [1.165, 1.54) is 19.4 Å². The minimum atomic E-state index is -2.91. The molecule has 0 atom stereocenters. The maximum atomic E-state index is 12.6. The molecule has 1 aromatic carbocycles. The number of hydrogen-bond acceptors (Lipinski definition) is 5. The van der Waals surface area contributed by atoms with Crippen molar-refractivity contribution in [1.82, 2.24) is 15.8 Å². The van der Waals surface area contributed by atoms with Gasteiger partial charge < -0.3 is 24.6 Å². The molecule has 9 heteroatoms. The van der Waals surface area contributed by atoms with Crippen LogP contribution in [0.1, 0.15) is 18.2 Å². The molecule has 0 unspecified atom stereocenters. The van der Waals surface area contributed by atoms with Gasteiger partial charge in [-0.15, -0.1) is 0 Å². The Balaban J connectivity index is 2.11. The van der Waals surface area contributed by atoms with Crippen LogP contribution in [0.15, 0.2) is 40.0 Å². The minimum absolute atomic E-state index is 0.0619. The van der Waals surface area contributed by atoms with E-state index >= 15 is 0 Å². The van der Waals surface area contributed by atoms with Crippen LogP contribution in [0.5, 0.6) is 11.5 Å². The zero-order chi connectivity index (χ0) is 18.1. The van der Waals surface area contributed by atoms with Crippen molar-refractivity contribution in [3.63, 3.8) is 0 Å². The van der Waals surface area contributed by atoms with Crippen molar-refractivity contribution in [3.8, 4) is 11.5 Å². The van der Waals surface area contributed by atoms with Crippen LogP contribution in [0, 0.1) is 0 Å². The Morgan fingerprint density at radius 2 is 2.16 bits per heavy atom. The van der Waals surface area contributed by atoms with Crippen LogP contribution in [-0.2, 0) is 13.1 Å². The molecule has 0 aliphatic carbocycles. The van der Waals surface area contributed by atoms with Crippen LogP contribution in [0.2, 0.25) is 0 Å². The summed E-state index contributed by atoms with van der Waals surface area (Å²) in [5, 5.41) is 9.94. The number of halogens is 2. The molecule has 0 amide bonds. The highest BCUT2D eigenvalue weighted by molar-refractivity contribution is 5.79. The van der Waals surface area contributed by atoms with Gasteiger partial charge in [0.05, 0.1) is 20.2 Å². The Kier molecular flexibility index (Phi) is 7.00. The van der Waals surface area contributed by atoms with Crippen molar-refractivity contribution < 1.29 is 22.8 Å². The molecule has 25 heavy (non-hydrogen) atoms. The summed E-state index contributed by atoms with van der Waals surface area (Å²) in [6.07, 6.45) is 1.48. The summed E-state index contributed by atoms with van der Waals surface area (Å²) in [6, 6.07) is 6.33. The van der Waals surface area contributed by atoms with Crippen LogP contribution in [0.25, 0.3) is 0 Å². The molecule has 2 rings (SSSR count). The molecular weight excluding hydrogens is 334 g/mol. The fourth-order valence-electron chi connectivity index (χ4n) is 2.03. The average Bonchev–Trinajstić information content (AvgIpc) is 3.11. The molecule has 0 fully saturated rings. The number of aromatic nitrogens is 1. The zero-order valence-corrected chi connectivity index (χ0v) is 14.0. The summed E-state index contributed by atoms with van der Waals surface area (Å²) in [6.45, 7) is 0.205. The molecule has 0 saturated heterocycles. The molecule has 2 aromatic rings. The molecule has 0 saturated carbocycles. The fourth-order valence-corrected chi connectivity index (χ4v) is 2.03. The number of aliphatic imine (C=N–C) groups is 1. The van der Waals surface area contributed by atoms with Crippen LogP contribution >= 0.6 is 0 Å².